The summed E-state index contributed by atoms with van der Waals surface area (Å²) in [7, 11) is 1.68. The lowest BCUT2D eigenvalue weighted by Crippen LogP contribution is -2.56. The van der Waals surface area contributed by atoms with Gasteiger partial charge < -0.3 is 24.3 Å². The number of piperazine rings is 1. The van der Waals surface area contributed by atoms with E-state index in [9.17, 15) is 4.79 Å². The zero-order valence-corrected chi connectivity index (χ0v) is 19.7. The van der Waals surface area contributed by atoms with Gasteiger partial charge in [-0.25, -0.2) is 4.98 Å². The zero-order valence-electron chi connectivity index (χ0n) is 19.7. The number of imidazole rings is 1. The molecule has 34 heavy (non-hydrogen) atoms. The molecule has 1 N–H and O–H groups in total. The normalized spacial score (nSPS) is 18.4. The highest BCUT2D eigenvalue weighted by Gasteiger charge is 2.31. The predicted molar refractivity (Wildman–Crippen MR) is 131 cm³/mol. The summed E-state index contributed by atoms with van der Waals surface area (Å²) in [5.74, 6) is 1.71. The van der Waals surface area contributed by atoms with Crippen LogP contribution in [0.3, 0.4) is 0 Å². The molecular formula is C27H32N4O3. The van der Waals surface area contributed by atoms with Crippen LogP contribution >= 0.6 is 0 Å². The third-order valence-corrected chi connectivity index (χ3v) is 6.87. The zero-order chi connectivity index (χ0) is 23.3. The Hall–Kier alpha value is -3.48. The molecule has 2 fully saturated rings. The van der Waals surface area contributed by atoms with E-state index in [1.54, 1.807) is 19.6 Å². The minimum atomic E-state index is 0.0738. The molecule has 1 amide bonds. The van der Waals surface area contributed by atoms with Gasteiger partial charge in [-0.2, -0.15) is 0 Å². The van der Waals surface area contributed by atoms with Crippen molar-refractivity contribution in [2.75, 3.05) is 31.6 Å². The smallest absolute Gasteiger partial charge is 0.228 e. The first-order chi connectivity index (χ1) is 16.7. The number of anilines is 1. The average molecular weight is 461 g/mol. The summed E-state index contributed by atoms with van der Waals surface area (Å²) >= 11 is 0. The highest BCUT2D eigenvalue weighted by Crippen LogP contribution is 2.36. The van der Waals surface area contributed by atoms with E-state index in [2.05, 4.69) is 51.3 Å². The molecular weight excluding hydrogens is 428 g/mol. The van der Waals surface area contributed by atoms with Crippen molar-refractivity contribution in [2.24, 2.45) is 0 Å². The molecule has 2 aromatic carbocycles. The van der Waals surface area contributed by atoms with E-state index in [0.717, 1.165) is 55.2 Å². The van der Waals surface area contributed by atoms with E-state index in [4.69, 9.17) is 9.47 Å². The molecule has 0 radical (unpaired) electrons. The Morgan fingerprint density at radius 1 is 1.12 bits per heavy atom. The number of hydrogen-bond acceptors (Lipinski definition) is 5. The Labute approximate surface area is 200 Å². The van der Waals surface area contributed by atoms with Gasteiger partial charge in [0.15, 0.2) is 11.5 Å². The van der Waals surface area contributed by atoms with Crippen molar-refractivity contribution in [2.45, 2.75) is 44.2 Å². The SMILES string of the molecule is COc1ccc(N2CCN(C(=O)Cc3cnc[nH]3)[C@@H](Cc3ccccc3)C2)cc1OC1CCC1. The number of carbonyl (C=O) groups is 1. The fourth-order valence-electron chi connectivity index (χ4n) is 4.75. The summed E-state index contributed by atoms with van der Waals surface area (Å²) in [6, 6.07) is 16.7. The highest BCUT2D eigenvalue weighted by molar-refractivity contribution is 5.79. The largest absolute Gasteiger partial charge is 0.493 e. The van der Waals surface area contributed by atoms with Crippen LogP contribution in [-0.2, 0) is 17.6 Å². The van der Waals surface area contributed by atoms with Gasteiger partial charge in [-0.15, -0.1) is 0 Å². The molecule has 1 aromatic heterocycles. The Bertz CT molecular complexity index is 1080. The lowest BCUT2D eigenvalue weighted by Gasteiger charge is -2.43. The van der Waals surface area contributed by atoms with Crippen LogP contribution < -0.4 is 14.4 Å². The van der Waals surface area contributed by atoms with Crippen LogP contribution in [0.5, 0.6) is 11.5 Å². The van der Waals surface area contributed by atoms with Gasteiger partial charge in [-0.05, 0) is 43.4 Å². The van der Waals surface area contributed by atoms with Gasteiger partial charge >= 0.3 is 0 Å². The number of methoxy groups -OCH3 is 1. The minimum absolute atomic E-state index is 0.0738. The van der Waals surface area contributed by atoms with E-state index >= 15 is 0 Å². The van der Waals surface area contributed by atoms with Gasteiger partial charge in [0.1, 0.15) is 0 Å². The number of nitrogens with one attached hydrogen (secondary N) is 1. The van der Waals surface area contributed by atoms with E-state index in [-0.39, 0.29) is 18.1 Å². The second-order valence-electron chi connectivity index (χ2n) is 9.14. The third-order valence-electron chi connectivity index (χ3n) is 6.87. The van der Waals surface area contributed by atoms with Crippen molar-refractivity contribution in [3.63, 3.8) is 0 Å². The number of carbonyl (C=O) groups excluding carboxylic acids is 1. The Kier molecular flexibility index (Phi) is 6.70. The van der Waals surface area contributed by atoms with Gasteiger partial charge in [0.05, 0.1) is 32.0 Å². The number of benzene rings is 2. The number of amides is 1. The van der Waals surface area contributed by atoms with Gasteiger partial charge in [0.25, 0.3) is 0 Å². The molecule has 1 aliphatic heterocycles. The molecule has 3 aromatic rings. The number of aromatic nitrogens is 2. The quantitative estimate of drug-likeness (QED) is 0.553. The van der Waals surface area contributed by atoms with Gasteiger partial charge in [0.2, 0.25) is 5.91 Å². The molecule has 178 valence electrons. The van der Waals surface area contributed by atoms with Crippen LogP contribution in [0.25, 0.3) is 0 Å². The number of aromatic amines is 1. The van der Waals surface area contributed by atoms with Gasteiger partial charge in [0, 0.05) is 43.3 Å². The molecule has 0 spiro atoms. The molecule has 2 heterocycles. The first-order valence-corrected chi connectivity index (χ1v) is 12.1. The molecule has 1 saturated heterocycles. The fourth-order valence-corrected chi connectivity index (χ4v) is 4.75. The van der Waals surface area contributed by atoms with Crippen LogP contribution in [0, 0.1) is 0 Å². The summed E-state index contributed by atoms with van der Waals surface area (Å²) in [5.41, 5.74) is 3.19. The number of ether oxygens (including phenoxy) is 2. The monoisotopic (exact) mass is 460 g/mol. The molecule has 0 unspecified atom stereocenters. The summed E-state index contributed by atoms with van der Waals surface area (Å²) in [5, 5.41) is 0. The van der Waals surface area contributed by atoms with E-state index in [1.165, 1.54) is 12.0 Å². The number of H-pyrrole nitrogens is 1. The van der Waals surface area contributed by atoms with Crippen LogP contribution in [0.15, 0.2) is 61.1 Å². The van der Waals surface area contributed by atoms with Crippen LogP contribution in [0.2, 0.25) is 0 Å². The molecule has 1 atom stereocenters. The van der Waals surface area contributed by atoms with Crippen molar-refractivity contribution in [3.05, 3.63) is 72.3 Å². The maximum Gasteiger partial charge on any atom is 0.228 e. The van der Waals surface area contributed by atoms with Gasteiger partial charge in [-0.1, -0.05) is 30.3 Å². The van der Waals surface area contributed by atoms with Crippen LogP contribution in [0.4, 0.5) is 5.69 Å². The lowest BCUT2D eigenvalue weighted by atomic mass is 9.96. The molecule has 2 aliphatic rings. The Morgan fingerprint density at radius 2 is 1.97 bits per heavy atom. The second-order valence-corrected chi connectivity index (χ2v) is 9.14. The Morgan fingerprint density at radius 3 is 2.68 bits per heavy atom. The third kappa shape index (κ3) is 5.03. The summed E-state index contributed by atoms with van der Waals surface area (Å²) in [6.45, 7) is 2.21. The number of nitrogens with zero attached hydrogens (tertiary/aromatic N) is 3. The van der Waals surface area contributed by atoms with Gasteiger partial charge in [-0.3, -0.25) is 4.79 Å². The van der Waals surface area contributed by atoms with Crippen molar-refractivity contribution in [3.8, 4) is 11.5 Å². The molecule has 7 heteroatoms. The van der Waals surface area contributed by atoms with Crippen molar-refractivity contribution >= 4 is 11.6 Å². The number of hydrogen-bond donors (Lipinski definition) is 1. The lowest BCUT2D eigenvalue weighted by molar-refractivity contribution is -0.133. The predicted octanol–water partition coefficient (Wildman–Crippen LogP) is 3.85. The maximum absolute atomic E-state index is 13.2. The standard InChI is InChI=1S/C27H32N4O3/c1-33-25-11-10-22(16-26(25)34-24-8-5-9-24)30-12-13-31(27(32)15-21-17-28-19-29-21)23(18-30)14-20-6-3-2-4-7-20/h2-4,6-7,10-11,16-17,19,23-24H,5,8-9,12-15,18H2,1H3,(H,28,29)/t23-/m0/s1. The first kappa shape index (κ1) is 22.3. The Balaban J connectivity index is 1.35. The molecule has 1 saturated carbocycles. The van der Waals surface area contributed by atoms with Crippen molar-refractivity contribution < 1.29 is 14.3 Å². The summed E-state index contributed by atoms with van der Waals surface area (Å²) < 4.78 is 11.8. The summed E-state index contributed by atoms with van der Waals surface area (Å²) in [6.07, 6.45) is 8.21. The second kappa shape index (κ2) is 10.2. The maximum atomic E-state index is 13.2. The van der Waals surface area contributed by atoms with Crippen LogP contribution in [0.1, 0.15) is 30.5 Å². The highest BCUT2D eigenvalue weighted by atomic mass is 16.5. The van der Waals surface area contributed by atoms with Crippen LogP contribution in [-0.4, -0.2) is 59.7 Å². The van der Waals surface area contributed by atoms with Crippen molar-refractivity contribution in [1.29, 1.82) is 0 Å². The molecule has 7 nitrogen and oxygen atoms in total. The minimum Gasteiger partial charge on any atom is -0.493 e. The van der Waals surface area contributed by atoms with E-state index in [1.807, 2.05) is 17.0 Å². The molecule has 1 aliphatic carbocycles. The number of rotatable bonds is 8. The topological polar surface area (TPSA) is 70.7 Å². The first-order valence-electron chi connectivity index (χ1n) is 12.1. The molecule has 5 rings (SSSR count). The molecule has 0 bridgehead atoms. The van der Waals surface area contributed by atoms with E-state index < -0.39 is 0 Å². The average Bonchev–Trinajstić information content (AvgIpc) is 3.35. The van der Waals surface area contributed by atoms with E-state index in [0.29, 0.717) is 13.0 Å². The summed E-state index contributed by atoms with van der Waals surface area (Å²) in [4.78, 5) is 24.7. The fraction of sp³-hybridized carbons (Fsp3) is 0.407. The van der Waals surface area contributed by atoms with Crippen molar-refractivity contribution in [1.82, 2.24) is 14.9 Å².